The Morgan fingerprint density at radius 3 is 2.26 bits per heavy atom. The summed E-state index contributed by atoms with van der Waals surface area (Å²) in [6.07, 6.45) is 0. The van der Waals surface area contributed by atoms with Crippen molar-refractivity contribution in [3.05, 3.63) is 70.1 Å². The number of ketones is 1. The number of rotatable bonds is 6. The number of Topliss-reactive ketones (excluding diaryl/α,β-unsaturated/α-hetero) is 1. The second-order valence-corrected chi connectivity index (χ2v) is 11.0. The number of fused-ring (bicyclic) bond motifs is 1. The maximum Gasteiger partial charge on any atom is 0.275 e. The molecular formula is C25H28N4O5S. The minimum absolute atomic E-state index is 0.0541. The molecule has 2 aromatic carbocycles. The maximum atomic E-state index is 13.5. The maximum absolute atomic E-state index is 13.5. The van der Waals surface area contributed by atoms with Gasteiger partial charge in [0.1, 0.15) is 0 Å². The standard InChI is InChI=1S/C25H28N4O5S/c1-17(2)16-29-24(31)22-10-5-4-9-21(22)23(26-29)25(32)27-11-13-28(14-12-27)35(33,34)20-8-6-7-19(15-20)18(3)30/h4-10,15,17H,11-14,16H2,1-3H3. The van der Waals surface area contributed by atoms with Gasteiger partial charge in [-0.15, -0.1) is 0 Å². The fourth-order valence-electron chi connectivity index (χ4n) is 4.17. The number of piperazine rings is 1. The van der Waals surface area contributed by atoms with Crippen LogP contribution in [0.5, 0.6) is 0 Å². The van der Waals surface area contributed by atoms with Crippen LogP contribution < -0.4 is 5.56 Å². The first-order valence-electron chi connectivity index (χ1n) is 11.5. The van der Waals surface area contributed by atoms with Crippen LogP contribution in [0.4, 0.5) is 0 Å². The van der Waals surface area contributed by atoms with E-state index in [2.05, 4.69) is 5.10 Å². The van der Waals surface area contributed by atoms with Gasteiger partial charge in [0.15, 0.2) is 11.5 Å². The average Bonchev–Trinajstić information content (AvgIpc) is 2.85. The molecule has 0 atom stereocenters. The van der Waals surface area contributed by atoms with Crippen molar-refractivity contribution in [2.45, 2.75) is 32.2 Å². The molecule has 35 heavy (non-hydrogen) atoms. The molecule has 1 aliphatic heterocycles. The Morgan fingerprint density at radius 2 is 1.63 bits per heavy atom. The van der Waals surface area contributed by atoms with Crippen LogP contribution in [-0.4, -0.2) is 65.3 Å². The van der Waals surface area contributed by atoms with Crippen LogP contribution >= 0.6 is 0 Å². The fraction of sp³-hybridized carbons (Fsp3) is 0.360. The molecule has 184 valence electrons. The molecule has 1 amide bonds. The van der Waals surface area contributed by atoms with E-state index in [0.717, 1.165) is 0 Å². The Kier molecular flexibility index (Phi) is 6.86. The van der Waals surface area contributed by atoms with Crippen LogP contribution in [0.3, 0.4) is 0 Å². The number of carbonyl (C=O) groups is 2. The van der Waals surface area contributed by atoms with Gasteiger partial charge in [-0.05, 0) is 31.0 Å². The topological polar surface area (TPSA) is 110 Å². The third-order valence-electron chi connectivity index (χ3n) is 6.01. The van der Waals surface area contributed by atoms with Gasteiger partial charge in [0.2, 0.25) is 10.0 Å². The highest BCUT2D eigenvalue weighted by Crippen LogP contribution is 2.21. The van der Waals surface area contributed by atoms with Crippen LogP contribution in [0.1, 0.15) is 41.6 Å². The lowest BCUT2D eigenvalue weighted by atomic mass is 10.1. The summed E-state index contributed by atoms with van der Waals surface area (Å²) < 4.78 is 28.9. The van der Waals surface area contributed by atoms with Gasteiger partial charge in [-0.25, -0.2) is 13.1 Å². The largest absolute Gasteiger partial charge is 0.335 e. The van der Waals surface area contributed by atoms with Crippen LogP contribution in [0.2, 0.25) is 0 Å². The Balaban J connectivity index is 1.58. The summed E-state index contributed by atoms with van der Waals surface area (Å²) in [7, 11) is -3.81. The summed E-state index contributed by atoms with van der Waals surface area (Å²) in [6.45, 7) is 6.30. The molecule has 0 bridgehead atoms. The van der Waals surface area contributed by atoms with Crippen LogP contribution in [0.25, 0.3) is 10.8 Å². The predicted molar refractivity (Wildman–Crippen MR) is 132 cm³/mol. The van der Waals surface area contributed by atoms with Crippen molar-refractivity contribution in [2.75, 3.05) is 26.2 Å². The lowest BCUT2D eigenvalue weighted by molar-refractivity contribution is 0.0691. The second kappa shape index (κ2) is 9.71. The van der Waals surface area contributed by atoms with Crippen molar-refractivity contribution in [2.24, 2.45) is 5.92 Å². The Bertz CT molecular complexity index is 1450. The third-order valence-corrected chi connectivity index (χ3v) is 7.91. The fourth-order valence-corrected chi connectivity index (χ4v) is 5.64. The summed E-state index contributed by atoms with van der Waals surface area (Å²) in [5.74, 6) is -0.384. The molecule has 3 aromatic rings. The normalized spacial score (nSPS) is 15.0. The number of hydrogen-bond donors (Lipinski definition) is 0. The van der Waals surface area contributed by atoms with Crippen LogP contribution in [0.15, 0.2) is 58.2 Å². The molecule has 9 nitrogen and oxygen atoms in total. The summed E-state index contributed by atoms with van der Waals surface area (Å²) in [4.78, 5) is 39.6. The van der Waals surface area contributed by atoms with E-state index in [9.17, 15) is 22.8 Å². The van der Waals surface area contributed by atoms with Crippen molar-refractivity contribution in [3.63, 3.8) is 0 Å². The molecule has 10 heteroatoms. The molecule has 0 saturated carbocycles. The number of benzene rings is 2. The summed E-state index contributed by atoms with van der Waals surface area (Å²) in [5.41, 5.74) is 0.273. The van der Waals surface area contributed by atoms with E-state index in [1.54, 1.807) is 41.3 Å². The molecule has 0 aliphatic carbocycles. The van der Waals surface area contributed by atoms with Crippen molar-refractivity contribution in [1.82, 2.24) is 19.0 Å². The molecule has 0 N–H and O–H groups in total. The zero-order valence-corrected chi connectivity index (χ0v) is 20.8. The van der Waals surface area contributed by atoms with E-state index in [1.807, 2.05) is 13.8 Å². The molecule has 4 rings (SSSR count). The highest BCUT2D eigenvalue weighted by Gasteiger charge is 2.32. The summed E-state index contributed by atoms with van der Waals surface area (Å²) in [6, 6.07) is 12.9. The van der Waals surface area contributed by atoms with Crippen molar-refractivity contribution in [1.29, 1.82) is 0 Å². The Morgan fingerprint density at radius 1 is 0.971 bits per heavy atom. The third kappa shape index (κ3) is 4.89. The summed E-state index contributed by atoms with van der Waals surface area (Å²) >= 11 is 0. The minimum Gasteiger partial charge on any atom is -0.335 e. The highest BCUT2D eigenvalue weighted by atomic mass is 32.2. The SMILES string of the molecule is CC(=O)c1cccc(S(=O)(=O)N2CCN(C(=O)c3nn(CC(C)C)c(=O)c4ccccc34)CC2)c1. The number of sulfonamides is 1. The second-order valence-electron chi connectivity index (χ2n) is 9.06. The first-order valence-corrected chi connectivity index (χ1v) is 12.9. The van der Waals surface area contributed by atoms with E-state index in [1.165, 1.54) is 28.0 Å². The zero-order chi connectivity index (χ0) is 25.3. The molecule has 0 unspecified atom stereocenters. The van der Waals surface area contributed by atoms with Gasteiger partial charge in [-0.2, -0.15) is 9.40 Å². The van der Waals surface area contributed by atoms with Crippen molar-refractivity contribution >= 4 is 32.5 Å². The molecule has 2 heterocycles. The smallest absolute Gasteiger partial charge is 0.275 e. The molecule has 1 aliphatic rings. The van der Waals surface area contributed by atoms with Gasteiger partial charge in [-0.1, -0.05) is 44.2 Å². The van der Waals surface area contributed by atoms with Crippen molar-refractivity contribution < 1.29 is 18.0 Å². The molecule has 0 radical (unpaired) electrons. The number of hydrogen-bond acceptors (Lipinski definition) is 6. The molecule has 1 saturated heterocycles. The van der Waals surface area contributed by atoms with E-state index < -0.39 is 10.0 Å². The average molecular weight is 497 g/mol. The monoisotopic (exact) mass is 496 g/mol. The lowest BCUT2D eigenvalue weighted by Gasteiger charge is -2.34. The van der Waals surface area contributed by atoms with Gasteiger partial charge in [0.25, 0.3) is 11.5 Å². The van der Waals surface area contributed by atoms with E-state index in [0.29, 0.717) is 22.9 Å². The molecule has 1 fully saturated rings. The van der Waals surface area contributed by atoms with Crippen molar-refractivity contribution in [3.8, 4) is 0 Å². The quantitative estimate of drug-likeness (QED) is 0.485. The first kappa shape index (κ1) is 24.7. The van der Waals surface area contributed by atoms with Crippen LogP contribution in [0, 0.1) is 5.92 Å². The molecular weight excluding hydrogens is 468 g/mol. The van der Waals surface area contributed by atoms with Gasteiger partial charge in [-0.3, -0.25) is 14.4 Å². The lowest BCUT2D eigenvalue weighted by Crippen LogP contribution is -2.50. The number of nitrogens with zero attached hydrogens (tertiary/aromatic N) is 4. The number of amides is 1. The molecule has 0 spiro atoms. The van der Waals surface area contributed by atoms with Gasteiger partial charge < -0.3 is 4.90 Å². The Hall–Kier alpha value is -3.37. The van der Waals surface area contributed by atoms with Gasteiger partial charge >= 0.3 is 0 Å². The van der Waals surface area contributed by atoms with E-state index in [-0.39, 0.29) is 59.9 Å². The Labute approximate surface area is 204 Å². The highest BCUT2D eigenvalue weighted by molar-refractivity contribution is 7.89. The van der Waals surface area contributed by atoms with Gasteiger partial charge in [0, 0.05) is 43.7 Å². The van der Waals surface area contributed by atoms with E-state index >= 15 is 0 Å². The zero-order valence-electron chi connectivity index (χ0n) is 20.0. The van der Waals surface area contributed by atoms with E-state index in [4.69, 9.17) is 0 Å². The minimum atomic E-state index is -3.81. The first-order chi connectivity index (χ1) is 16.6. The number of aromatic nitrogens is 2. The number of carbonyl (C=O) groups excluding carboxylic acids is 2. The summed E-state index contributed by atoms with van der Waals surface area (Å²) in [5, 5.41) is 5.32. The van der Waals surface area contributed by atoms with Gasteiger partial charge in [0.05, 0.1) is 10.3 Å². The van der Waals surface area contributed by atoms with Crippen LogP contribution in [-0.2, 0) is 16.6 Å². The molecule has 1 aromatic heterocycles. The predicted octanol–water partition coefficient (Wildman–Crippen LogP) is 2.40.